The van der Waals surface area contributed by atoms with Gasteiger partial charge in [-0.05, 0) is 46.0 Å². The molecule has 1 aliphatic heterocycles. The number of nitrogens with zero attached hydrogens (tertiary/aromatic N) is 3. The Morgan fingerprint density at radius 3 is 2.50 bits per heavy atom. The second kappa shape index (κ2) is 12.5. The number of rotatable bonds is 5. The number of amides is 3. The van der Waals surface area contributed by atoms with Gasteiger partial charge in [-0.15, -0.1) is 0 Å². The molecule has 1 aromatic rings. The summed E-state index contributed by atoms with van der Waals surface area (Å²) in [7, 11) is 7.04. The highest BCUT2D eigenvalue weighted by atomic mass is 16.5. The van der Waals surface area contributed by atoms with Crippen LogP contribution in [-0.4, -0.2) is 99.1 Å². The first-order valence-corrected chi connectivity index (χ1v) is 12.9. The number of likely N-dealkylation sites (N-methyl/N-ethyl adjacent to an activating group) is 2. The summed E-state index contributed by atoms with van der Waals surface area (Å²) in [5.74, 6) is 0.316. The predicted octanol–water partition coefficient (Wildman–Crippen LogP) is 2.71. The molecule has 1 saturated carbocycles. The third-order valence-corrected chi connectivity index (χ3v) is 7.18. The second-order valence-corrected chi connectivity index (χ2v) is 10.6. The number of carbonyl (C=O) groups excluding carboxylic acids is 3. The quantitative estimate of drug-likeness (QED) is 0.666. The van der Waals surface area contributed by atoms with E-state index in [0.717, 1.165) is 25.7 Å². The lowest BCUT2D eigenvalue weighted by Gasteiger charge is -2.37. The summed E-state index contributed by atoms with van der Waals surface area (Å²) in [5.41, 5.74) is 0.963. The van der Waals surface area contributed by atoms with Crippen LogP contribution in [0.3, 0.4) is 0 Å². The van der Waals surface area contributed by atoms with E-state index in [9.17, 15) is 14.4 Å². The number of fused-ring (bicyclic) bond motifs is 1. The molecule has 1 heterocycles. The summed E-state index contributed by atoms with van der Waals surface area (Å²) in [5, 5.41) is 2.86. The maximum Gasteiger partial charge on any atom is 0.257 e. The minimum absolute atomic E-state index is 0.0336. The Kier molecular flexibility index (Phi) is 9.73. The van der Waals surface area contributed by atoms with Gasteiger partial charge in [-0.3, -0.25) is 14.4 Å². The number of ether oxygens (including phenoxy) is 2. The average molecular weight is 503 g/mol. The largest absolute Gasteiger partial charge is 0.491 e. The van der Waals surface area contributed by atoms with Gasteiger partial charge >= 0.3 is 0 Å². The van der Waals surface area contributed by atoms with Crippen LogP contribution in [0.4, 0.5) is 5.69 Å². The molecule has 3 atom stereocenters. The summed E-state index contributed by atoms with van der Waals surface area (Å²) >= 11 is 0. The second-order valence-electron chi connectivity index (χ2n) is 10.6. The van der Waals surface area contributed by atoms with Crippen molar-refractivity contribution in [1.29, 1.82) is 0 Å². The van der Waals surface area contributed by atoms with Gasteiger partial charge < -0.3 is 29.5 Å². The topological polar surface area (TPSA) is 91.4 Å². The first-order chi connectivity index (χ1) is 17.1. The standard InChI is InChI=1S/C27H42N4O5/c1-18-14-31(26(33)20-9-7-8-10-20)19(2)17-36-23-13-21(28-25(32)16-29(3)4)11-12-22(23)27(34)30(5)15-24(18)35-6/h11-13,18-20,24H,7-10,14-17H2,1-6H3,(H,28,32)/t18-,19-,24-/m1/s1. The van der Waals surface area contributed by atoms with Crippen molar-refractivity contribution in [3.05, 3.63) is 23.8 Å². The van der Waals surface area contributed by atoms with Crippen molar-refractivity contribution in [2.75, 3.05) is 59.8 Å². The Balaban J connectivity index is 1.92. The number of methoxy groups -OCH3 is 1. The van der Waals surface area contributed by atoms with Crippen LogP contribution in [0.2, 0.25) is 0 Å². The third kappa shape index (κ3) is 6.97. The van der Waals surface area contributed by atoms with Crippen LogP contribution in [-0.2, 0) is 14.3 Å². The summed E-state index contributed by atoms with van der Waals surface area (Å²) in [6.07, 6.45) is 3.82. The van der Waals surface area contributed by atoms with E-state index >= 15 is 0 Å². The van der Waals surface area contributed by atoms with Gasteiger partial charge in [-0.1, -0.05) is 19.8 Å². The molecule has 36 heavy (non-hydrogen) atoms. The first kappa shape index (κ1) is 27.9. The summed E-state index contributed by atoms with van der Waals surface area (Å²) < 4.78 is 12.0. The van der Waals surface area contributed by atoms with Crippen molar-refractivity contribution >= 4 is 23.4 Å². The van der Waals surface area contributed by atoms with E-state index in [0.29, 0.717) is 30.1 Å². The van der Waals surface area contributed by atoms with E-state index in [1.807, 2.05) is 25.9 Å². The van der Waals surface area contributed by atoms with Gasteiger partial charge in [0.25, 0.3) is 5.91 Å². The maximum absolute atomic E-state index is 13.5. The predicted molar refractivity (Wildman–Crippen MR) is 139 cm³/mol. The molecule has 0 radical (unpaired) electrons. The number of nitrogens with one attached hydrogen (secondary N) is 1. The van der Waals surface area contributed by atoms with Gasteiger partial charge in [0.05, 0.1) is 24.3 Å². The molecule has 2 aliphatic rings. The molecule has 1 N–H and O–H groups in total. The van der Waals surface area contributed by atoms with Crippen molar-refractivity contribution in [3.63, 3.8) is 0 Å². The molecule has 9 nitrogen and oxygen atoms in total. The lowest BCUT2D eigenvalue weighted by atomic mass is 9.99. The Hall–Kier alpha value is -2.65. The number of benzene rings is 1. The molecular weight excluding hydrogens is 460 g/mol. The van der Waals surface area contributed by atoms with Crippen LogP contribution in [0, 0.1) is 11.8 Å². The SMILES string of the molecule is CO[C@@H]1CN(C)C(=O)c2ccc(NC(=O)CN(C)C)cc2OC[C@@H](C)N(C(=O)C2CCCC2)C[C@H]1C. The van der Waals surface area contributed by atoms with Gasteiger partial charge in [0, 0.05) is 50.8 Å². The van der Waals surface area contributed by atoms with Crippen LogP contribution in [0.15, 0.2) is 18.2 Å². The summed E-state index contributed by atoms with van der Waals surface area (Å²) in [4.78, 5) is 44.5. The summed E-state index contributed by atoms with van der Waals surface area (Å²) in [6.45, 7) is 5.46. The van der Waals surface area contributed by atoms with Crippen molar-refractivity contribution in [1.82, 2.24) is 14.7 Å². The fourth-order valence-corrected chi connectivity index (χ4v) is 5.05. The maximum atomic E-state index is 13.5. The van der Waals surface area contributed by atoms with Gasteiger partial charge in [0.2, 0.25) is 11.8 Å². The highest BCUT2D eigenvalue weighted by Gasteiger charge is 2.34. The third-order valence-electron chi connectivity index (χ3n) is 7.18. The average Bonchev–Trinajstić information content (AvgIpc) is 3.37. The van der Waals surface area contributed by atoms with Gasteiger partial charge in [0.1, 0.15) is 12.4 Å². The number of hydrogen-bond donors (Lipinski definition) is 1. The first-order valence-electron chi connectivity index (χ1n) is 12.9. The van der Waals surface area contributed by atoms with Gasteiger partial charge in [-0.25, -0.2) is 0 Å². The van der Waals surface area contributed by atoms with E-state index < -0.39 is 0 Å². The molecule has 0 spiro atoms. The molecule has 0 aromatic heterocycles. The molecule has 9 heteroatoms. The smallest absolute Gasteiger partial charge is 0.257 e. The molecular formula is C27H42N4O5. The monoisotopic (exact) mass is 502 g/mol. The van der Waals surface area contributed by atoms with Crippen molar-refractivity contribution < 1.29 is 23.9 Å². The van der Waals surface area contributed by atoms with Crippen LogP contribution < -0.4 is 10.1 Å². The van der Waals surface area contributed by atoms with E-state index in [4.69, 9.17) is 9.47 Å². The van der Waals surface area contributed by atoms with Crippen LogP contribution in [0.1, 0.15) is 49.9 Å². The highest BCUT2D eigenvalue weighted by Crippen LogP contribution is 2.30. The zero-order chi connectivity index (χ0) is 26.4. The molecule has 3 rings (SSSR count). The Morgan fingerprint density at radius 2 is 1.86 bits per heavy atom. The van der Waals surface area contributed by atoms with Crippen LogP contribution in [0.25, 0.3) is 0 Å². The minimum Gasteiger partial charge on any atom is -0.491 e. The molecule has 1 aromatic carbocycles. The molecule has 200 valence electrons. The van der Waals surface area contributed by atoms with E-state index in [1.54, 1.807) is 42.2 Å². The van der Waals surface area contributed by atoms with Gasteiger partial charge in [0.15, 0.2) is 0 Å². The molecule has 0 saturated heterocycles. The number of anilines is 1. The number of hydrogen-bond acceptors (Lipinski definition) is 6. The van der Waals surface area contributed by atoms with Crippen LogP contribution in [0.5, 0.6) is 5.75 Å². The van der Waals surface area contributed by atoms with Gasteiger partial charge in [-0.2, -0.15) is 0 Å². The summed E-state index contributed by atoms with van der Waals surface area (Å²) in [6, 6.07) is 4.89. The fraction of sp³-hybridized carbons (Fsp3) is 0.667. The lowest BCUT2D eigenvalue weighted by Crippen LogP contribution is -2.50. The highest BCUT2D eigenvalue weighted by molar-refractivity contribution is 5.98. The fourth-order valence-electron chi connectivity index (χ4n) is 5.05. The Bertz CT molecular complexity index is 931. The molecule has 3 amide bonds. The normalized spacial score (nSPS) is 24.1. The molecule has 0 bridgehead atoms. The van der Waals surface area contributed by atoms with Crippen molar-refractivity contribution in [2.45, 2.75) is 51.7 Å². The Morgan fingerprint density at radius 1 is 1.17 bits per heavy atom. The number of carbonyl (C=O) groups is 3. The zero-order valence-electron chi connectivity index (χ0n) is 22.6. The van der Waals surface area contributed by atoms with Crippen molar-refractivity contribution in [2.24, 2.45) is 11.8 Å². The van der Waals surface area contributed by atoms with Crippen molar-refractivity contribution in [3.8, 4) is 5.75 Å². The molecule has 0 unspecified atom stereocenters. The van der Waals surface area contributed by atoms with E-state index in [1.165, 1.54) is 0 Å². The lowest BCUT2D eigenvalue weighted by molar-refractivity contribution is -0.139. The molecule has 1 fully saturated rings. The van der Waals surface area contributed by atoms with E-state index in [-0.39, 0.29) is 54.9 Å². The minimum atomic E-state index is -0.224. The van der Waals surface area contributed by atoms with E-state index in [2.05, 4.69) is 12.2 Å². The molecule has 1 aliphatic carbocycles. The Labute approximate surface area is 215 Å². The van der Waals surface area contributed by atoms with Crippen LogP contribution >= 0.6 is 0 Å². The zero-order valence-corrected chi connectivity index (χ0v) is 22.6.